The van der Waals surface area contributed by atoms with Crippen molar-refractivity contribution in [1.82, 2.24) is 0 Å². The third-order valence-corrected chi connectivity index (χ3v) is 18.7. The molecule has 5 nitrogen and oxygen atoms in total. The summed E-state index contributed by atoms with van der Waals surface area (Å²) >= 11 is 0. The molecule has 0 amide bonds. The Bertz CT molecular complexity index is 1670. The summed E-state index contributed by atoms with van der Waals surface area (Å²) in [6.07, 6.45) is 67.7. The van der Waals surface area contributed by atoms with Crippen molar-refractivity contribution in [1.29, 1.82) is 0 Å². The highest BCUT2D eigenvalue weighted by Gasteiger charge is 2.45. The van der Waals surface area contributed by atoms with Gasteiger partial charge in [-0.05, 0) is 84.2 Å². The minimum Gasteiger partial charge on any atom is -0.384 e. The normalized spacial score (nSPS) is 15.5. The monoisotopic (exact) mass is 1130 g/mol. The van der Waals surface area contributed by atoms with Crippen LogP contribution in [0.4, 0.5) is 0 Å². The molecule has 0 fully saturated rings. The molecule has 2 bridgehead atoms. The van der Waals surface area contributed by atoms with Crippen molar-refractivity contribution in [2.45, 2.75) is 354 Å². The second-order valence-corrected chi connectivity index (χ2v) is 25.9. The van der Waals surface area contributed by atoms with Gasteiger partial charge in [0, 0.05) is 65.2 Å². The van der Waals surface area contributed by atoms with E-state index in [1.807, 2.05) is 7.11 Å². The average molecular weight is 1130 g/mol. The maximum absolute atomic E-state index is 6.43. The first kappa shape index (κ1) is 71.7. The highest BCUT2D eigenvalue weighted by Crippen LogP contribution is 2.57. The topological polar surface area (TPSA) is 46.2 Å². The van der Waals surface area contributed by atoms with Crippen LogP contribution in [0.2, 0.25) is 0 Å². The standard InChI is InChI=1S/C76H134O5/c1-4-6-8-10-12-14-16-18-20-22-24-26-28-30-32-34-36-38-40-46-58-78-60-48-42-44-50-62-80-66-68-54-53-57-72-74(68)73-64-70(65-77-3)76(72)75-69(55-52-56-71(73)75)67-81-63-51-45-43-49-61-79-59-47-41-39-37-35-33-31-29-27-25-23-21-19-17-15-13-11-9-7-5-2/h52-57,70,73,76H,4-51,58-67H2,1-3H3. The molecule has 0 radical (unpaired) electrons. The Balaban J connectivity index is 0.934. The Labute approximate surface area is 503 Å². The minimum absolute atomic E-state index is 0.346. The third-order valence-electron chi connectivity index (χ3n) is 18.7. The maximum Gasteiger partial charge on any atom is 0.0719 e. The number of hydrogen-bond donors (Lipinski definition) is 0. The van der Waals surface area contributed by atoms with Gasteiger partial charge in [0.15, 0.2) is 0 Å². The van der Waals surface area contributed by atoms with Gasteiger partial charge in [0.25, 0.3) is 0 Å². The van der Waals surface area contributed by atoms with Gasteiger partial charge in [-0.15, -0.1) is 0 Å². The van der Waals surface area contributed by atoms with E-state index in [9.17, 15) is 0 Å². The van der Waals surface area contributed by atoms with Gasteiger partial charge in [0.2, 0.25) is 0 Å². The molecule has 5 heteroatoms. The van der Waals surface area contributed by atoms with E-state index in [2.05, 4.69) is 50.2 Å². The lowest BCUT2D eigenvalue weighted by Crippen LogP contribution is -2.36. The summed E-state index contributed by atoms with van der Waals surface area (Å²) in [5, 5.41) is 0. The number of unbranched alkanes of at least 4 members (excludes halogenated alkanes) is 44. The van der Waals surface area contributed by atoms with Crippen LogP contribution in [0.1, 0.15) is 374 Å². The van der Waals surface area contributed by atoms with E-state index in [0.717, 1.165) is 71.9 Å². The first-order valence-electron chi connectivity index (χ1n) is 36.3. The largest absolute Gasteiger partial charge is 0.384 e. The number of ether oxygens (including phenoxy) is 5. The minimum atomic E-state index is 0.346. The molecule has 3 unspecified atom stereocenters. The van der Waals surface area contributed by atoms with E-state index in [1.54, 1.807) is 0 Å². The summed E-state index contributed by atoms with van der Waals surface area (Å²) < 4.78 is 30.8. The Kier molecular flexibility index (Phi) is 46.5. The predicted molar refractivity (Wildman–Crippen MR) is 350 cm³/mol. The molecule has 0 saturated carbocycles. The van der Waals surface area contributed by atoms with E-state index in [4.69, 9.17) is 23.7 Å². The molecule has 0 N–H and O–H groups in total. The molecular weight excluding hydrogens is 993 g/mol. The Morgan fingerprint density at radius 3 is 0.889 bits per heavy atom. The van der Waals surface area contributed by atoms with Crippen molar-refractivity contribution >= 4 is 0 Å². The molecule has 81 heavy (non-hydrogen) atoms. The molecule has 468 valence electrons. The van der Waals surface area contributed by atoms with E-state index < -0.39 is 0 Å². The van der Waals surface area contributed by atoms with Gasteiger partial charge < -0.3 is 23.7 Å². The quantitative estimate of drug-likeness (QED) is 0.0618. The van der Waals surface area contributed by atoms with Crippen molar-refractivity contribution in [3.63, 3.8) is 0 Å². The van der Waals surface area contributed by atoms with Crippen molar-refractivity contribution in [3.8, 4) is 0 Å². The van der Waals surface area contributed by atoms with Gasteiger partial charge in [-0.25, -0.2) is 0 Å². The molecule has 0 aromatic heterocycles. The zero-order chi connectivity index (χ0) is 57.0. The Hall–Kier alpha value is -1.76. The molecule has 0 spiro atoms. The summed E-state index contributed by atoms with van der Waals surface area (Å²) in [6, 6.07) is 14.0. The molecule has 3 atom stereocenters. The lowest BCUT2D eigenvalue weighted by molar-refractivity contribution is 0.106. The molecule has 0 heterocycles. The summed E-state index contributed by atoms with van der Waals surface area (Å²) in [5.74, 6) is 1.22. The van der Waals surface area contributed by atoms with Crippen molar-refractivity contribution in [3.05, 3.63) is 69.8 Å². The first-order chi connectivity index (χ1) is 40.3. The van der Waals surface area contributed by atoms with Gasteiger partial charge in [-0.3, -0.25) is 0 Å². The molecule has 0 saturated heterocycles. The second-order valence-electron chi connectivity index (χ2n) is 25.9. The number of fused-ring (bicyclic) bond motifs is 1. The molecule has 2 aromatic rings. The molecule has 3 aliphatic rings. The van der Waals surface area contributed by atoms with Crippen LogP contribution in [0, 0.1) is 5.92 Å². The zero-order valence-electron chi connectivity index (χ0n) is 54.2. The second kappa shape index (κ2) is 52.6. The average Bonchev–Trinajstić information content (AvgIpc) is 3.63. The van der Waals surface area contributed by atoms with Crippen molar-refractivity contribution in [2.24, 2.45) is 5.92 Å². The fourth-order valence-corrected chi connectivity index (χ4v) is 13.8. The highest BCUT2D eigenvalue weighted by molar-refractivity contribution is 5.60. The summed E-state index contributed by atoms with van der Waals surface area (Å²) in [7, 11) is 1.87. The number of benzene rings is 2. The van der Waals surface area contributed by atoms with Crippen LogP contribution >= 0.6 is 0 Å². The zero-order valence-corrected chi connectivity index (χ0v) is 54.2. The molecule has 5 rings (SSSR count). The van der Waals surface area contributed by atoms with Crippen LogP contribution < -0.4 is 0 Å². The van der Waals surface area contributed by atoms with Crippen LogP contribution in [0.3, 0.4) is 0 Å². The molecular formula is C76H134O5. The summed E-state index contributed by atoms with van der Waals surface area (Å²) in [6.45, 7) is 12.2. The summed E-state index contributed by atoms with van der Waals surface area (Å²) in [4.78, 5) is 0. The van der Waals surface area contributed by atoms with Crippen LogP contribution in [0.15, 0.2) is 36.4 Å². The van der Waals surface area contributed by atoms with Crippen molar-refractivity contribution in [2.75, 3.05) is 53.4 Å². The molecule has 3 aliphatic carbocycles. The molecule has 2 aromatic carbocycles. The van der Waals surface area contributed by atoms with Gasteiger partial charge in [0.1, 0.15) is 0 Å². The molecule has 0 aliphatic heterocycles. The van der Waals surface area contributed by atoms with Crippen molar-refractivity contribution < 1.29 is 23.7 Å². The van der Waals surface area contributed by atoms with Gasteiger partial charge in [-0.2, -0.15) is 0 Å². The third kappa shape index (κ3) is 34.2. The van der Waals surface area contributed by atoms with E-state index in [1.165, 1.54) is 322 Å². The van der Waals surface area contributed by atoms with Crippen LogP contribution in [-0.2, 0) is 36.9 Å². The van der Waals surface area contributed by atoms with Crippen LogP contribution in [0.25, 0.3) is 0 Å². The number of rotatable bonds is 62. The Morgan fingerprint density at radius 2 is 0.580 bits per heavy atom. The fourth-order valence-electron chi connectivity index (χ4n) is 13.8. The van der Waals surface area contributed by atoms with Gasteiger partial charge in [-0.1, -0.05) is 320 Å². The smallest absolute Gasteiger partial charge is 0.0719 e. The van der Waals surface area contributed by atoms with E-state index in [0.29, 0.717) is 31.0 Å². The lowest BCUT2D eigenvalue weighted by atomic mass is 9.57. The van der Waals surface area contributed by atoms with Gasteiger partial charge in [0.05, 0.1) is 13.2 Å². The maximum atomic E-state index is 6.43. The fraction of sp³-hybridized carbons (Fsp3) is 0.842. The number of hydrogen-bond acceptors (Lipinski definition) is 5. The van der Waals surface area contributed by atoms with Crippen LogP contribution in [0.5, 0.6) is 0 Å². The van der Waals surface area contributed by atoms with E-state index >= 15 is 0 Å². The lowest BCUT2D eigenvalue weighted by Gasteiger charge is -2.47. The number of methoxy groups -OCH3 is 1. The predicted octanol–water partition coefficient (Wildman–Crippen LogP) is 23.8. The highest BCUT2D eigenvalue weighted by atomic mass is 16.5. The summed E-state index contributed by atoms with van der Waals surface area (Å²) in [5.41, 5.74) is 8.81. The van der Waals surface area contributed by atoms with Crippen LogP contribution in [-0.4, -0.2) is 53.4 Å². The first-order valence-corrected chi connectivity index (χ1v) is 36.3. The van der Waals surface area contributed by atoms with Gasteiger partial charge >= 0.3 is 0 Å². The Morgan fingerprint density at radius 1 is 0.309 bits per heavy atom. The van der Waals surface area contributed by atoms with E-state index in [-0.39, 0.29) is 0 Å². The SMILES string of the molecule is CCCCCCCCCCCCCCCCCCCCCCOCCCCCCOCc1cccc2c1C1CC(COC)C2c2c(COCCCCCCOCCCCCCCCCCCCCCCCCCCCCC)cccc21.